The van der Waals surface area contributed by atoms with Gasteiger partial charge >= 0.3 is 7.82 Å². The maximum atomic E-state index is 12.2. The normalized spacial score (nSPS) is 74.8. The lowest BCUT2D eigenvalue weighted by Gasteiger charge is -2.74. The van der Waals surface area contributed by atoms with Crippen molar-refractivity contribution < 1.29 is 18.5 Å². The number of rotatable bonds is 0. The van der Waals surface area contributed by atoms with Crippen LogP contribution in [0.25, 0.3) is 0 Å². The smallest absolute Gasteiger partial charge is 0.302 e. The van der Waals surface area contributed by atoms with Crippen LogP contribution in [0.1, 0.15) is 38.5 Å². The minimum atomic E-state index is -3.82. The van der Waals surface area contributed by atoms with Crippen molar-refractivity contribution in [3.8, 4) is 0 Å². The molecule has 1 N–H and O–H groups in total. The zero-order chi connectivity index (χ0) is 12.6. The first-order valence-electron chi connectivity index (χ1n) is 7.77. The van der Waals surface area contributed by atoms with Crippen LogP contribution in [0.5, 0.6) is 0 Å². The largest absolute Gasteiger partial charge is 0.473 e. The Morgan fingerprint density at radius 3 is 1.84 bits per heavy atom. The highest BCUT2D eigenvalue weighted by molar-refractivity contribution is 7.47. The Morgan fingerprint density at radius 1 is 0.895 bits per heavy atom. The third-order valence-corrected chi connectivity index (χ3v) is 8.74. The van der Waals surface area contributed by atoms with Gasteiger partial charge in [0.15, 0.2) is 0 Å². The topological polar surface area (TPSA) is 55.8 Å². The molecule has 1 saturated heterocycles. The van der Waals surface area contributed by atoms with Gasteiger partial charge in [-0.05, 0) is 74.0 Å². The maximum absolute atomic E-state index is 12.2. The quantitative estimate of drug-likeness (QED) is 0.694. The summed E-state index contributed by atoms with van der Waals surface area (Å²) in [5, 5.41) is 0. The van der Waals surface area contributed by atoms with E-state index in [1.54, 1.807) is 0 Å². The van der Waals surface area contributed by atoms with Crippen molar-refractivity contribution in [3.05, 3.63) is 0 Å². The summed E-state index contributed by atoms with van der Waals surface area (Å²) < 4.78 is 23.9. The first-order chi connectivity index (χ1) is 9.03. The van der Waals surface area contributed by atoms with Gasteiger partial charge in [-0.15, -0.1) is 0 Å². The molecule has 4 nitrogen and oxygen atoms in total. The van der Waals surface area contributed by atoms with E-state index in [4.69, 9.17) is 9.05 Å². The van der Waals surface area contributed by atoms with Crippen LogP contribution < -0.4 is 0 Å². The molecule has 0 amide bonds. The average Bonchev–Trinajstić information content (AvgIpc) is 2.58. The minimum Gasteiger partial charge on any atom is -0.302 e. The second kappa shape index (κ2) is 2.72. The zero-order valence-electron chi connectivity index (χ0n) is 10.8. The highest BCUT2D eigenvalue weighted by Crippen LogP contribution is 2.82. The molecule has 2 spiro atoms. The molecule has 8 fully saturated rings. The molecule has 8 rings (SSSR count). The number of phosphoric ester groups is 1. The van der Waals surface area contributed by atoms with Gasteiger partial charge in [0.2, 0.25) is 0 Å². The van der Waals surface area contributed by atoms with E-state index >= 15 is 0 Å². The second-order valence-corrected chi connectivity index (χ2v) is 9.36. The predicted molar refractivity (Wildman–Crippen MR) is 66.1 cm³/mol. The molecule has 0 aromatic heterocycles. The lowest BCUT2D eigenvalue weighted by Crippen LogP contribution is -2.78. The molecule has 8 atom stereocenters. The first kappa shape index (κ1) is 10.8. The summed E-state index contributed by atoms with van der Waals surface area (Å²) in [6.45, 7) is 0. The van der Waals surface area contributed by atoms with Crippen LogP contribution in [-0.4, -0.2) is 16.1 Å². The fourth-order valence-electron chi connectivity index (χ4n) is 7.64. The van der Waals surface area contributed by atoms with Crippen molar-refractivity contribution in [2.45, 2.75) is 49.7 Å². The fraction of sp³-hybridized carbons (Fsp3) is 1.00. The molecule has 0 radical (unpaired) electrons. The van der Waals surface area contributed by atoms with Crippen LogP contribution in [0.3, 0.4) is 0 Å². The van der Waals surface area contributed by atoms with E-state index in [1.807, 2.05) is 0 Å². The van der Waals surface area contributed by atoms with Gasteiger partial charge in [-0.25, -0.2) is 4.57 Å². The standard InChI is InChI=1S/C14H19O4P/c15-19(16)17-13-5-7-1-9-10-2-8(4-11(9)13)6-14(13,18-19)12(10)3-7/h7-12H,1-6H2,(H,15,16). The maximum Gasteiger partial charge on any atom is 0.473 e. The molecule has 0 aromatic rings. The van der Waals surface area contributed by atoms with Crippen LogP contribution in [0.4, 0.5) is 0 Å². The van der Waals surface area contributed by atoms with Gasteiger partial charge in [0, 0.05) is 0 Å². The molecule has 8 unspecified atom stereocenters. The van der Waals surface area contributed by atoms with E-state index in [9.17, 15) is 9.46 Å². The van der Waals surface area contributed by atoms with E-state index in [0.717, 1.165) is 24.7 Å². The monoisotopic (exact) mass is 282 g/mol. The SMILES string of the molecule is O=P1(O)OC23CC4CC5C6CC(CC52)CC3(O1)C6C4. The third-order valence-electron chi connectivity index (χ3n) is 7.62. The van der Waals surface area contributed by atoms with E-state index in [-0.39, 0.29) is 11.2 Å². The number of phosphoric acid groups is 1. The van der Waals surface area contributed by atoms with Crippen molar-refractivity contribution in [1.82, 2.24) is 0 Å². The zero-order valence-corrected chi connectivity index (χ0v) is 11.7. The van der Waals surface area contributed by atoms with E-state index in [2.05, 4.69) is 0 Å². The van der Waals surface area contributed by atoms with Crippen molar-refractivity contribution in [2.24, 2.45) is 35.5 Å². The first-order valence-corrected chi connectivity index (χ1v) is 9.27. The van der Waals surface area contributed by atoms with E-state index in [0.29, 0.717) is 23.7 Å². The minimum absolute atomic E-state index is 0.388. The Morgan fingerprint density at radius 2 is 1.37 bits per heavy atom. The van der Waals surface area contributed by atoms with E-state index < -0.39 is 7.82 Å². The van der Waals surface area contributed by atoms with Gasteiger partial charge in [-0.1, -0.05) is 0 Å². The molecule has 5 heteroatoms. The van der Waals surface area contributed by atoms with Crippen LogP contribution in [0.15, 0.2) is 0 Å². The molecular formula is C14H19O4P. The Balaban J connectivity index is 1.66. The summed E-state index contributed by atoms with van der Waals surface area (Å²) in [5.74, 6) is 3.94. The predicted octanol–water partition coefficient (Wildman–Crippen LogP) is 2.72. The van der Waals surface area contributed by atoms with Crippen LogP contribution in [0.2, 0.25) is 0 Å². The number of hydrogen-bond acceptors (Lipinski definition) is 3. The Kier molecular flexibility index (Phi) is 1.55. The molecule has 19 heavy (non-hydrogen) atoms. The van der Waals surface area contributed by atoms with Gasteiger partial charge in [-0.3, -0.25) is 9.05 Å². The van der Waals surface area contributed by atoms with Crippen LogP contribution in [-0.2, 0) is 13.6 Å². The van der Waals surface area contributed by atoms with Crippen molar-refractivity contribution >= 4 is 7.82 Å². The summed E-state index contributed by atoms with van der Waals surface area (Å²) in [4.78, 5) is 10.0. The molecular weight excluding hydrogens is 263 g/mol. The molecule has 8 aliphatic rings. The molecule has 7 saturated carbocycles. The second-order valence-electron chi connectivity index (χ2n) is 8.05. The van der Waals surface area contributed by atoms with Gasteiger partial charge in [0.05, 0.1) is 0 Å². The van der Waals surface area contributed by atoms with E-state index in [1.165, 1.54) is 25.7 Å². The summed E-state index contributed by atoms with van der Waals surface area (Å²) in [6, 6.07) is 0. The summed E-state index contributed by atoms with van der Waals surface area (Å²) in [7, 11) is -3.82. The molecule has 1 heterocycles. The summed E-state index contributed by atoms with van der Waals surface area (Å²) in [6.07, 6.45) is 7.08. The summed E-state index contributed by atoms with van der Waals surface area (Å²) in [5.41, 5.74) is -0.775. The van der Waals surface area contributed by atoms with Gasteiger partial charge in [0.1, 0.15) is 11.2 Å². The molecule has 8 bridgehead atoms. The lowest BCUT2D eigenvalue weighted by atomic mass is 9.32. The summed E-state index contributed by atoms with van der Waals surface area (Å²) >= 11 is 0. The van der Waals surface area contributed by atoms with Gasteiger partial charge in [0.25, 0.3) is 0 Å². The molecule has 104 valence electrons. The van der Waals surface area contributed by atoms with Crippen molar-refractivity contribution in [3.63, 3.8) is 0 Å². The Hall–Kier alpha value is 0.110. The van der Waals surface area contributed by atoms with Crippen LogP contribution in [0, 0.1) is 35.5 Å². The van der Waals surface area contributed by atoms with Gasteiger partial charge in [-0.2, -0.15) is 0 Å². The van der Waals surface area contributed by atoms with Crippen molar-refractivity contribution in [1.29, 1.82) is 0 Å². The highest BCUT2D eigenvalue weighted by Gasteiger charge is 2.83. The Bertz CT molecular complexity index is 506. The molecule has 7 aliphatic carbocycles. The lowest BCUT2D eigenvalue weighted by molar-refractivity contribution is -0.312. The average molecular weight is 282 g/mol. The third kappa shape index (κ3) is 0.929. The van der Waals surface area contributed by atoms with Gasteiger partial charge < -0.3 is 4.89 Å². The fourth-order valence-corrected chi connectivity index (χ4v) is 9.23. The molecule has 0 aromatic carbocycles. The Labute approximate surface area is 112 Å². The highest BCUT2D eigenvalue weighted by atomic mass is 31.2. The van der Waals surface area contributed by atoms with Crippen molar-refractivity contribution in [2.75, 3.05) is 0 Å². The molecule has 1 aliphatic heterocycles. The number of hydrogen-bond donors (Lipinski definition) is 1. The van der Waals surface area contributed by atoms with Crippen LogP contribution >= 0.6 is 7.82 Å².